The number of hydrogen-bond acceptors (Lipinski definition) is 14. The lowest BCUT2D eigenvalue weighted by Crippen LogP contribution is -2.62. The minimum absolute atomic E-state index is 0.0476. The normalized spacial score (nSPS) is 22.9. The number of aryl methyl sites for hydroxylation is 2. The fourth-order valence-electron chi connectivity index (χ4n) is 12.5. The molecule has 25 nitrogen and oxygen atoms in total. The number of nitrogens with zero attached hydrogens (tertiary/aromatic N) is 2. The van der Waals surface area contributed by atoms with Gasteiger partial charge in [-0.1, -0.05) is 48.0 Å². The molecule has 0 spiro atoms. The molecule has 4 aromatic carbocycles. The van der Waals surface area contributed by atoms with Crippen LogP contribution in [0.5, 0.6) is 0 Å². The highest BCUT2D eigenvalue weighted by Gasteiger charge is 2.48. The predicted octanol–water partition coefficient (Wildman–Crippen LogP) is 4.62. The number of benzene rings is 4. The van der Waals surface area contributed by atoms with Crippen molar-refractivity contribution in [3.63, 3.8) is 0 Å². The molecule has 0 aliphatic carbocycles. The maximum absolute atomic E-state index is 15.3. The first-order chi connectivity index (χ1) is 47.9. The largest absolute Gasteiger partial charge is 0.481 e. The van der Waals surface area contributed by atoms with Gasteiger partial charge >= 0.3 is 5.97 Å². The Labute approximate surface area is 585 Å². The van der Waals surface area contributed by atoms with E-state index in [1.165, 1.54) is 84.9 Å². The highest BCUT2D eigenvalue weighted by atomic mass is 32.2. The number of aromatic amines is 3. The molecule has 1 fully saturated rings. The van der Waals surface area contributed by atoms with Gasteiger partial charge in [-0.15, -0.1) is 0 Å². The van der Waals surface area contributed by atoms with Crippen molar-refractivity contribution in [2.75, 3.05) is 31.1 Å². The Bertz CT molecular complexity index is 4110. The molecule has 9 amide bonds. The van der Waals surface area contributed by atoms with Crippen molar-refractivity contribution in [3.05, 3.63) is 160 Å². The molecule has 0 unspecified atom stereocenters. The fraction of sp³-hybridized carbons (Fsp3) is 0.423. The highest BCUT2D eigenvalue weighted by molar-refractivity contribution is 7.98. The van der Waals surface area contributed by atoms with Gasteiger partial charge in [-0.2, -0.15) is 23.5 Å². The lowest BCUT2D eigenvalue weighted by atomic mass is 9.94. The van der Waals surface area contributed by atoms with Gasteiger partial charge in [-0.3, -0.25) is 47.9 Å². The summed E-state index contributed by atoms with van der Waals surface area (Å²) >= 11 is 3.14. The van der Waals surface area contributed by atoms with Crippen LogP contribution in [0.2, 0.25) is 0 Å². The molecule has 3 aromatic heterocycles. The van der Waals surface area contributed by atoms with Gasteiger partial charge < -0.3 is 73.2 Å². The molecule has 2 aliphatic rings. The molecular formula is C71H86F2N14O11S2. The number of carbonyl (C=O) groups is 10. The standard InChI is InChI=1S/C71H86F2N14O11S2/c1-40-12-13-45(41(2)25-40)27-60-69(97)87-22-8-19-71(87,4)70(98)76-21-24-100-38-44-10-7-9-43(26-44)37-99-23-18-61(88)81-55(11-5-6-20-74)64(92)80-42(3)63(91)82-56(28-46-34-77-53-16-14-48(72)30-51(46)53)65(93)83-57(29-47-35-78-54-17-15-49(73)31-52(47)54)66(94)85-59(33-62(89)90)68(96)84-58(67(95)86-60)32-50-36-75-39-79-50/h7,9-10,12-17,25-26,30-31,34-36,39,42,55-60,77-78H,5-6,8,11,18-24,27-29,32-33,37-38,74H2,1-4H3,(H,75,79)(H,76,98)(H,80,92)(H,81,88)(H,82,91)(H,83,93)(H,84,96)(H,85,94)(H,86,95)(H,89,90)/t42-,55+,56+,57+,58+,59+,60+,71+/m1/s1. The molecule has 5 heterocycles. The topological polar surface area (TPSA) is 377 Å². The molecule has 7 aromatic rings. The van der Waals surface area contributed by atoms with Gasteiger partial charge in [-0.05, 0) is 136 Å². The number of fused-ring (bicyclic) bond motifs is 5. The summed E-state index contributed by atoms with van der Waals surface area (Å²) in [4.78, 5) is 159. The predicted molar refractivity (Wildman–Crippen MR) is 376 cm³/mol. The molecule has 2 bridgehead atoms. The van der Waals surface area contributed by atoms with Crippen molar-refractivity contribution in [3.8, 4) is 0 Å². The Kier molecular flexibility index (Phi) is 26.1. The van der Waals surface area contributed by atoms with Crippen LogP contribution in [0.3, 0.4) is 0 Å². The number of imidazole rings is 1. The zero-order valence-electron chi connectivity index (χ0n) is 56.2. The fourth-order valence-corrected chi connectivity index (χ4v) is 14.2. The van der Waals surface area contributed by atoms with E-state index in [0.717, 1.165) is 22.3 Å². The number of carboxylic acids is 1. The van der Waals surface area contributed by atoms with E-state index in [1.54, 1.807) is 18.7 Å². The summed E-state index contributed by atoms with van der Waals surface area (Å²) in [5.74, 6) is -7.93. The van der Waals surface area contributed by atoms with Gasteiger partial charge in [-0.25, -0.2) is 13.8 Å². The summed E-state index contributed by atoms with van der Waals surface area (Å²) in [5, 5.41) is 32.8. The van der Waals surface area contributed by atoms with Crippen molar-refractivity contribution in [2.45, 2.75) is 158 Å². The Morgan fingerprint density at radius 3 is 1.81 bits per heavy atom. The third-order valence-corrected chi connectivity index (χ3v) is 20.1. The maximum atomic E-state index is 15.3. The number of thioether (sulfide) groups is 2. The van der Waals surface area contributed by atoms with Crippen LogP contribution in [0.1, 0.15) is 103 Å². The second-order valence-corrected chi connectivity index (χ2v) is 27.9. The molecule has 29 heteroatoms. The van der Waals surface area contributed by atoms with E-state index in [1.807, 2.05) is 50.2 Å². The van der Waals surface area contributed by atoms with Crippen molar-refractivity contribution < 1.29 is 61.8 Å². The van der Waals surface area contributed by atoms with Crippen LogP contribution in [0, 0.1) is 25.5 Å². The molecule has 100 heavy (non-hydrogen) atoms. The average Bonchev–Trinajstić information content (AvgIpc) is 1.52. The van der Waals surface area contributed by atoms with Crippen molar-refractivity contribution in [1.82, 2.24) is 67.4 Å². The number of amides is 9. The third kappa shape index (κ3) is 20.1. The number of carbonyl (C=O) groups excluding carboxylic acids is 9. The molecule has 9 rings (SSSR count). The van der Waals surface area contributed by atoms with Crippen LogP contribution in [-0.4, -0.2) is 168 Å². The maximum Gasteiger partial charge on any atom is 0.305 e. The molecule has 8 atom stereocenters. The van der Waals surface area contributed by atoms with E-state index in [-0.39, 0.29) is 62.1 Å². The summed E-state index contributed by atoms with van der Waals surface area (Å²) in [6, 6.07) is 10.6. The quantitative estimate of drug-likeness (QED) is 0.0661. The van der Waals surface area contributed by atoms with E-state index in [9.17, 15) is 42.7 Å². The second-order valence-electron chi connectivity index (χ2n) is 25.7. The van der Waals surface area contributed by atoms with E-state index in [0.29, 0.717) is 88.5 Å². The molecule has 2 aliphatic heterocycles. The molecule has 532 valence electrons. The van der Waals surface area contributed by atoms with Crippen LogP contribution in [0.15, 0.2) is 104 Å². The summed E-state index contributed by atoms with van der Waals surface area (Å²) in [5.41, 5.74) is 10.8. The van der Waals surface area contributed by atoms with Crippen LogP contribution in [-0.2, 0) is 85.1 Å². The molecule has 1 saturated heterocycles. The minimum atomic E-state index is -1.99. The minimum Gasteiger partial charge on any atom is -0.481 e. The highest BCUT2D eigenvalue weighted by Crippen LogP contribution is 2.32. The molecular weight excluding hydrogens is 1330 g/mol. The summed E-state index contributed by atoms with van der Waals surface area (Å²) in [6.45, 7) is 7.59. The lowest BCUT2D eigenvalue weighted by molar-refractivity contribution is -0.146. The number of nitrogens with one attached hydrogen (secondary N) is 11. The van der Waals surface area contributed by atoms with E-state index >= 15 is 19.2 Å². The number of nitrogens with two attached hydrogens (primary N) is 1. The molecule has 0 radical (unpaired) electrons. The van der Waals surface area contributed by atoms with Crippen LogP contribution >= 0.6 is 23.5 Å². The first kappa shape index (κ1) is 74.6. The van der Waals surface area contributed by atoms with Gasteiger partial charge in [0.1, 0.15) is 59.5 Å². The van der Waals surface area contributed by atoms with E-state index in [4.69, 9.17) is 5.73 Å². The SMILES string of the molecule is Cc1ccc(C[C@@H]2NC(=O)[C@H](Cc3cnc[nH]3)NC(=O)[C@H](CC(=O)O)NC(=O)[C@H](Cc3c[nH]c4ccc(F)cc34)NC(=O)[C@H](Cc3c[nH]c4ccc(F)cc34)NC(=O)[C@@H](C)NC(=O)[C@H](CCCCN)NC(=O)CCSCc3cccc(c3)CSCCNC(=O)[C@]3(C)CCCN3C2=O)c(C)c1. The van der Waals surface area contributed by atoms with Crippen LogP contribution in [0.25, 0.3) is 21.8 Å². The number of halogens is 2. The molecule has 14 N–H and O–H groups in total. The van der Waals surface area contributed by atoms with E-state index < -0.39 is 126 Å². The Morgan fingerprint density at radius 1 is 0.640 bits per heavy atom. The summed E-state index contributed by atoms with van der Waals surface area (Å²) in [7, 11) is 0. The van der Waals surface area contributed by atoms with Gasteiger partial charge in [0.2, 0.25) is 53.2 Å². The van der Waals surface area contributed by atoms with Crippen molar-refractivity contribution in [2.24, 2.45) is 5.73 Å². The number of carboxylic acid groups (broad SMARTS) is 1. The average molecular weight is 1410 g/mol. The van der Waals surface area contributed by atoms with Crippen molar-refractivity contribution in [1.29, 1.82) is 0 Å². The zero-order chi connectivity index (χ0) is 71.6. The first-order valence-electron chi connectivity index (χ1n) is 33.4. The Morgan fingerprint density at radius 2 is 1.21 bits per heavy atom. The third-order valence-electron chi connectivity index (χ3n) is 18.0. The van der Waals surface area contributed by atoms with Gasteiger partial charge in [0.05, 0.1) is 12.7 Å². The van der Waals surface area contributed by atoms with Crippen LogP contribution in [0.4, 0.5) is 8.78 Å². The van der Waals surface area contributed by atoms with Gasteiger partial charge in [0.25, 0.3) is 0 Å². The van der Waals surface area contributed by atoms with Gasteiger partial charge in [0, 0.05) is 114 Å². The summed E-state index contributed by atoms with van der Waals surface area (Å²) in [6.07, 6.45) is 5.44. The number of unbranched alkanes of at least 4 members (excludes halogenated alkanes) is 1. The van der Waals surface area contributed by atoms with E-state index in [2.05, 4.69) is 68.5 Å². The first-order valence-corrected chi connectivity index (χ1v) is 35.7. The monoisotopic (exact) mass is 1410 g/mol. The number of hydrogen-bond donors (Lipinski definition) is 13. The van der Waals surface area contributed by atoms with Crippen molar-refractivity contribution >= 4 is 104 Å². The number of H-pyrrole nitrogens is 3. The second kappa shape index (κ2) is 34.9. The van der Waals surface area contributed by atoms with Crippen LogP contribution < -0.4 is 48.3 Å². The number of aromatic nitrogens is 4. The Hall–Kier alpha value is -9.61. The lowest BCUT2D eigenvalue weighted by Gasteiger charge is -2.37. The summed E-state index contributed by atoms with van der Waals surface area (Å²) < 4.78 is 29.9. The molecule has 0 saturated carbocycles. The smallest absolute Gasteiger partial charge is 0.305 e. The Balaban J connectivity index is 1.06. The van der Waals surface area contributed by atoms with Gasteiger partial charge in [0.15, 0.2) is 0 Å². The zero-order valence-corrected chi connectivity index (χ0v) is 57.8. The number of aliphatic carboxylic acids is 1. The number of rotatable bonds is 14.